The fourth-order valence-corrected chi connectivity index (χ4v) is 2.29. The predicted molar refractivity (Wildman–Crippen MR) is 83.3 cm³/mol. The number of methoxy groups -OCH3 is 2. The van der Waals surface area contributed by atoms with Gasteiger partial charge in [0.15, 0.2) is 0 Å². The minimum absolute atomic E-state index is 0.257. The first kappa shape index (κ1) is 15.7. The molecule has 0 fully saturated rings. The average Bonchev–Trinajstić information content (AvgIpc) is 2.48. The Balaban J connectivity index is 2.24. The van der Waals surface area contributed by atoms with E-state index in [1.54, 1.807) is 18.2 Å². The predicted octanol–water partition coefficient (Wildman–Crippen LogP) is 4.76. The molecule has 0 heterocycles. The summed E-state index contributed by atoms with van der Waals surface area (Å²) in [6.45, 7) is 0.257. The molecule has 0 spiro atoms. The molecule has 2 aromatic rings. The van der Waals surface area contributed by atoms with Gasteiger partial charge in [-0.25, -0.2) is 4.39 Å². The van der Waals surface area contributed by atoms with E-state index in [0.29, 0.717) is 32.8 Å². The zero-order valence-corrected chi connectivity index (χ0v) is 13.1. The largest absolute Gasteiger partial charge is 0.495 e. The van der Waals surface area contributed by atoms with Crippen LogP contribution in [0.1, 0.15) is 5.56 Å². The van der Waals surface area contributed by atoms with Crippen LogP contribution in [0.4, 0.5) is 10.1 Å². The molecule has 1 N–H and O–H groups in total. The first-order chi connectivity index (χ1) is 10.0. The average molecular weight is 330 g/mol. The lowest BCUT2D eigenvalue weighted by Crippen LogP contribution is -2.04. The van der Waals surface area contributed by atoms with Gasteiger partial charge in [0.2, 0.25) is 0 Å². The molecular weight excluding hydrogens is 316 g/mol. The molecule has 3 nitrogen and oxygen atoms in total. The Morgan fingerprint density at radius 2 is 1.76 bits per heavy atom. The van der Waals surface area contributed by atoms with Crippen LogP contribution in [-0.2, 0) is 6.54 Å². The summed E-state index contributed by atoms with van der Waals surface area (Å²) in [7, 11) is 3.05. The molecule has 0 unspecified atom stereocenters. The second kappa shape index (κ2) is 6.87. The fraction of sp³-hybridized carbons (Fsp3) is 0.200. The monoisotopic (exact) mass is 329 g/mol. The van der Waals surface area contributed by atoms with Gasteiger partial charge in [-0.15, -0.1) is 0 Å². The van der Waals surface area contributed by atoms with Crippen molar-refractivity contribution in [1.82, 2.24) is 0 Å². The number of halogens is 3. The highest BCUT2D eigenvalue weighted by Gasteiger charge is 2.11. The SMILES string of the molecule is COc1cc(NCc2cc(Cl)ccc2F)c(OC)cc1Cl. The van der Waals surface area contributed by atoms with Crippen molar-refractivity contribution in [2.24, 2.45) is 0 Å². The molecule has 0 aliphatic carbocycles. The van der Waals surface area contributed by atoms with Crippen molar-refractivity contribution in [1.29, 1.82) is 0 Å². The number of nitrogens with one attached hydrogen (secondary N) is 1. The van der Waals surface area contributed by atoms with Crippen LogP contribution in [0.5, 0.6) is 11.5 Å². The highest BCUT2D eigenvalue weighted by molar-refractivity contribution is 6.32. The van der Waals surface area contributed by atoms with Crippen LogP contribution in [0.15, 0.2) is 30.3 Å². The Kier molecular flexibility index (Phi) is 5.15. The van der Waals surface area contributed by atoms with E-state index in [0.717, 1.165) is 0 Å². The Morgan fingerprint density at radius 1 is 1.05 bits per heavy atom. The van der Waals surface area contributed by atoms with E-state index in [-0.39, 0.29) is 12.4 Å². The second-order valence-electron chi connectivity index (χ2n) is 4.28. The van der Waals surface area contributed by atoms with Crippen molar-refractivity contribution in [2.75, 3.05) is 19.5 Å². The van der Waals surface area contributed by atoms with Gasteiger partial charge in [-0.3, -0.25) is 0 Å². The summed E-state index contributed by atoms with van der Waals surface area (Å²) in [4.78, 5) is 0. The number of ether oxygens (including phenoxy) is 2. The molecule has 0 aromatic heterocycles. The van der Waals surface area contributed by atoms with Crippen LogP contribution in [0.2, 0.25) is 10.0 Å². The lowest BCUT2D eigenvalue weighted by atomic mass is 10.2. The first-order valence-corrected chi connectivity index (χ1v) is 6.90. The Morgan fingerprint density at radius 3 is 2.43 bits per heavy atom. The molecule has 6 heteroatoms. The minimum atomic E-state index is -0.327. The van der Waals surface area contributed by atoms with Gasteiger partial charge in [0.25, 0.3) is 0 Å². The highest BCUT2D eigenvalue weighted by Crippen LogP contribution is 2.36. The molecule has 0 amide bonds. The summed E-state index contributed by atoms with van der Waals surface area (Å²) in [6, 6.07) is 7.75. The van der Waals surface area contributed by atoms with Crippen molar-refractivity contribution in [2.45, 2.75) is 6.54 Å². The first-order valence-electron chi connectivity index (χ1n) is 6.14. The van der Waals surface area contributed by atoms with Crippen LogP contribution in [-0.4, -0.2) is 14.2 Å². The second-order valence-corrected chi connectivity index (χ2v) is 5.12. The third kappa shape index (κ3) is 3.71. The van der Waals surface area contributed by atoms with E-state index >= 15 is 0 Å². The zero-order chi connectivity index (χ0) is 15.4. The summed E-state index contributed by atoms with van der Waals surface area (Å²) in [5, 5.41) is 4.01. The van der Waals surface area contributed by atoms with Gasteiger partial charge in [0, 0.05) is 29.3 Å². The quantitative estimate of drug-likeness (QED) is 0.857. The van der Waals surface area contributed by atoms with Gasteiger partial charge in [0.05, 0.1) is 24.9 Å². The van der Waals surface area contributed by atoms with E-state index in [1.807, 2.05) is 0 Å². The summed E-state index contributed by atoms with van der Waals surface area (Å²) in [5.41, 5.74) is 1.11. The van der Waals surface area contributed by atoms with Gasteiger partial charge in [-0.05, 0) is 18.2 Å². The van der Waals surface area contributed by atoms with Gasteiger partial charge < -0.3 is 14.8 Å². The van der Waals surface area contributed by atoms with Crippen LogP contribution in [0, 0.1) is 5.82 Å². The maximum Gasteiger partial charge on any atom is 0.143 e. The lowest BCUT2D eigenvalue weighted by Gasteiger charge is -2.14. The number of anilines is 1. The third-order valence-corrected chi connectivity index (χ3v) is 3.48. The Labute approximate surface area is 132 Å². The number of hydrogen-bond donors (Lipinski definition) is 1. The van der Waals surface area contributed by atoms with Crippen molar-refractivity contribution in [3.63, 3.8) is 0 Å². The van der Waals surface area contributed by atoms with Gasteiger partial charge in [0.1, 0.15) is 17.3 Å². The normalized spacial score (nSPS) is 10.3. The van der Waals surface area contributed by atoms with E-state index in [4.69, 9.17) is 32.7 Å². The van der Waals surface area contributed by atoms with E-state index in [2.05, 4.69) is 5.32 Å². The van der Waals surface area contributed by atoms with E-state index in [1.165, 1.54) is 26.4 Å². The Bertz CT molecular complexity index is 650. The molecule has 2 aromatic carbocycles. The summed E-state index contributed by atoms with van der Waals surface area (Å²) in [6.07, 6.45) is 0. The van der Waals surface area contributed by atoms with E-state index < -0.39 is 0 Å². The zero-order valence-electron chi connectivity index (χ0n) is 11.5. The van der Waals surface area contributed by atoms with Crippen LogP contribution >= 0.6 is 23.2 Å². The molecule has 0 atom stereocenters. The standard InChI is InChI=1S/C15H14Cl2FNO2/c1-20-14-7-13(15(21-2)6-11(14)17)19-8-9-5-10(16)3-4-12(9)18/h3-7,19H,8H2,1-2H3. The molecule has 0 saturated carbocycles. The Hall–Kier alpha value is -1.65. The third-order valence-electron chi connectivity index (χ3n) is 2.95. The van der Waals surface area contributed by atoms with Crippen molar-refractivity contribution >= 4 is 28.9 Å². The molecule has 2 rings (SSSR count). The van der Waals surface area contributed by atoms with Crippen LogP contribution < -0.4 is 14.8 Å². The number of hydrogen-bond acceptors (Lipinski definition) is 3. The van der Waals surface area contributed by atoms with Gasteiger partial charge >= 0.3 is 0 Å². The summed E-state index contributed by atoms with van der Waals surface area (Å²) < 4.78 is 24.1. The molecule has 0 aliphatic rings. The maximum atomic E-state index is 13.7. The van der Waals surface area contributed by atoms with Crippen LogP contribution in [0.25, 0.3) is 0 Å². The van der Waals surface area contributed by atoms with Crippen molar-refractivity contribution in [3.05, 3.63) is 51.8 Å². The molecule has 0 aliphatic heterocycles. The maximum absolute atomic E-state index is 13.7. The number of rotatable bonds is 5. The minimum Gasteiger partial charge on any atom is -0.495 e. The molecule has 0 saturated heterocycles. The fourth-order valence-electron chi connectivity index (χ4n) is 1.87. The molecule has 0 bridgehead atoms. The molecule has 21 heavy (non-hydrogen) atoms. The van der Waals surface area contributed by atoms with Gasteiger partial charge in [-0.2, -0.15) is 0 Å². The van der Waals surface area contributed by atoms with Crippen molar-refractivity contribution in [3.8, 4) is 11.5 Å². The highest BCUT2D eigenvalue weighted by atomic mass is 35.5. The smallest absolute Gasteiger partial charge is 0.143 e. The lowest BCUT2D eigenvalue weighted by molar-refractivity contribution is 0.404. The molecular formula is C15H14Cl2FNO2. The van der Waals surface area contributed by atoms with Crippen LogP contribution in [0.3, 0.4) is 0 Å². The number of benzene rings is 2. The van der Waals surface area contributed by atoms with Gasteiger partial charge in [-0.1, -0.05) is 23.2 Å². The summed E-state index contributed by atoms with van der Waals surface area (Å²) in [5.74, 6) is 0.724. The summed E-state index contributed by atoms with van der Waals surface area (Å²) >= 11 is 11.9. The molecule has 112 valence electrons. The molecule has 0 radical (unpaired) electrons. The topological polar surface area (TPSA) is 30.5 Å². The van der Waals surface area contributed by atoms with Crippen molar-refractivity contribution < 1.29 is 13.9 Å². The van der Waals surface area contributed by atoms with E-state index in [9.17, 15) is 4.39 Å².